The first-order valence-corrected chi connectivity index (χ1v) is 10.1. The van der Waals surface area contributed by atoms with Crippen molar-refractivity contribution < 1.29 is 4.79 Å². The zero-order chi connectivity index (χ0) is 19.6. The van der Waals surface area contributed by atoms with Gasteiger partial charge in [0.15, 0.2) is 5.96 Å². The van der Waals surface area contributed by atoms with Gasteiger partial charge in [-0.05, 0) is 36.0 Å². The normalized spacial score (nSPS) is 13.9. The Morgan fingerprint density at radius 2 is 1.76 bits per heavy atom. The van der Waals surface area contributed by atoms with Gasteiger partial charge < -0.3 is 15.5 Å². The number of likely N-dealkylation sites (tertiary alicyclic amines) is 1. The Morgan fingerprint density at radius 1 is 1.03 bits per heavy atom. The van der Waals surface area contributed by atoms with E-state index in [2.05, 4.69) is 52.0 Å². The number of nitrogens with zero attached hydrogens (tertiary/aromatic N) is 2. The average molecular weight is 506 g/mol. The summed E-state index contributed by atoms with van der Waals surface area (Å²) in [6.45, 7) is 3.13. The van der Waals surface area contributed by atoms with Crippen LogP contribution in [-0.4, -0.2) is 36.9 Å². The van der Waals surface area contributed by atoms with Gasteiger partial charge in [0.2, 0.25) is 5.91 Å². The van der Waals surface area contributed by atoms with Crippen LogP contribution in [0, 0.1) is 0 Å². The van der Waals surface area contributed by atoms with Gasteiger partial charge in [-0.15, -0.1) is 24.0 Å². The van der Waals surface area contributed by atoms with Crippen LogP contribution < -0.4 is 10.6 Å². The molecule has 3 rings (SSSR count). The average Bonchev–Trinajstić information content (AvgIpc) is 3.14. The predicted molar refractivity (Wildman–Crippen MR) is 129 cm³/mol. The SMILES string of the molecule is CN=C(NCCCc1ccccc1)NCc1ccccc1CN1CCCC1=O.I. The van der Waals surface area contributed by atoms with E-state index < -0.39 is 0 Å². The van der Waals surface area contributed by atoms with Gasteiger partial charge >= 0.3 is 0 Å². The molecule has 0 bridgehead atoms. The Balaban J connectivity index is 0.00000300. The van der Waals surface area contributed by atoms with Crippen LogP contribution in [0.1, 0.15) is 36.0 Å². The van der Waals surface area contributed by atoms with Gasteiger partial charge in [-0.2, -0.15) is 0 Å². The van der Waals surface area contributed by atoms with Crippen molar-refractivity contribution >= 4 is 35.8 Å². The van der Waals surface area contributed by atoms with Gasteiger partial charge in [0.25, 0.3) is 0 Å². The summed E-state index contributed by atoms with van der Waals surface area (Å²) in [6, 6.07) is 18.8. The number of carbonyl (C=O) groups excluding carboxylic acids is 1. The number of amides is 1. The van der Waals surface area contributed by atoms with E-state index in [-0.39, 0.29) is 29.9 Å². The lowest BCUT2D eigenvalue weighted by Crippen LogP contribution is -2.37. The Kier molecular flexibility index (Phi) is 9.97. The first kappa shape index (κ1) is 23.2. The number of nitrogens with one attached hydrogen (secondary N) is 2. The maximum absolute atomic E-state index is 11.9. The van der Waals surface area contributed by atoms with Gasteiger partial charge in [-0.25, -0.2) is 0 Å². The monoisotopic (exact) mass is 506 g/mol. The first-order valence-electron chi connectivity index (χ1n) is 10.1. The van der Waals surface area contributed by atoms with E-state index in [9.17, 15) is 4.79 Å². The summed E-state index contributed by atoms with van der Waals surface area (Å²) in [6.07, 6.45) is 3.76. The molecule has 1 amide bonds. The fraction of sp³-hybridized carbons (Fsp3) is 0.391. The minimum atomic E-state index is 0. The number of hydrogen-bond donors (Lipinski definition) is 2. The van der Waals surface area contributed by atoms with Crippen LogP contribution in [-0.2, 0) is 24.3 Å². The van der Waals surface area contributed by atoms with Crippen molar-refractivity contribution in [2.24, 2.45) is 4.99 Å². The minimum absolute atomic E-state index is 0. The van der Waals surface area contributed by atoms with Crippen LogP contribution in [0.15, 0.2) is 59.6 Å². The molecule has 1 saturated heterocycles. The second-order valence-corrected chi connectivity index (χ2v) is 7.13. The van der Waals surface area contributed by atoms with Gasteiger partial charge in [-0.3, -0.25) is 9.79 Å². The third-order valence-corrected chi connectivity index (χ3v) is 5.10. The van der Waals surface area contributed by atoms with E-state index in [0.29, 0.717) is 19.5 Å². The number of aryl methyl sites for hydroxylation is 1. The maximum Gasteiger partial charge on any atom is 0.222 e. The van der Waals surface area contributed by atoms with Crippen molar-refractivity contribution in [3.05, 3.63) is 71.3 Å². The summed E-state index contributed by atoms with van der Waals surface area (Å²) < 4.78 is 0. The van der Waals surface area contributed by atoms with Gasteiger partial charge in [0, 0.05) is 39.6 Å². The van der Waals surface area contributed by atoms with Crippen molar-refractivity contribution in [3.8, 4) is 0 Å². The number of halogens is 1. The van der Waals surface area contributed by atoms with E-state index in [1.54, 1.807) is 7.05 Å². The van der Waals surface area contributed by atoms with Crippen LogP contribution in [0.5, 0.6) is 0 Å². The molecule has 156 valence electrons. The van der Waals surface area contributed by atoms with Crippen LogP contribution in [0.4, 0.5) is 0 Å². The number of hydrogen-bond acceptors (Lipinski definition) is 2. The zero-order valence-corrected chi connectivity index (χ0v) is 19.4. The molecule has 1 aliphatic rings. The Bertz CT molecular complexity index is 794. The summed E-state index contributed by atoms with van der Waals surface area (Å²) in [5.74, 6) is 1.07. The summed E-state index contributed by atoms with van der Waals surface area (Å²) in [5, 5.41) is 6.78. The molecular formula is C23H31IN4O. The first-order chi connectivity index (χ1) is 13.8. The molecule has 5 nitrogen and oxygen atoms in total. The minimum Gasteiger partial charge on any atom is -0.356 e. The molecule has 0 radical (unpaired) electrons. The summed E-state index contributed by atoms with van der Waals surface area (Å²) >= 11 is 0. The van der Waals surface area contributed by atoms with Crippen molar-refractivity contribution in [2.45, 2.75) is 38.8 Å². The highest BCUT2D eigenvalue weighted by molar-refractivity contribution is 14.0. The molecule has 1 heterocycles. The number of carbonyl (C=O) groups is 1. The fourth-order valence-electron chi connectivity index (χ4n) is 3.50. The highest BCUT2D eigenvalue weighted by atomic mass is 127. The second kappa shape index (κ2) is 12.5. The zero-order valence-electron chi connectivity index (χ0n) is 17.1. The molecule has 6 heteroatoms. The molecule has 0 atom stereocenters. The van der Waals surface area contributed by atoms with Crippen molar-refractivity contribution in [3.63, 3.8) is 0 Å². The molecule has 0 unspecified atom stereocenters. The van der Waals surface area contributed by atoms with E-state index in [0.717, 1.165) is 38.3 Å². The maximum atomic E-state index is 11.9. The molecule has 0 aromatic heterocycles. The fourth-order valence-corrected chi connectivity index (χ4v) is 3.50. The highest BCUT2D eigenvalue weighted by Crippen LogP contribution is 2.17. The molecule has 0 aliphatic carbocycles. The third-order valence-electron chi connectivity index (χ3n) is 5.10. The molecular weight excluding hydrogens is 475 g/mol. The number of benzene rings is 2. The number of aliphatic imine (C=N–C) groups is 1. The number of rotatable bonds is 8. The molecule has 2 aromatic carbocycles. The molecule has 1 aliphatic heterocycles. The number of guanidine groups is 1. The van der Waals surface area contributed by atoms with Crippen LogP contribution in [0.2, 0.25) is 0 Å². The second-order valence-electron chi connectivity index (χ2n) is 7.13. The van der Waals surface area contributed by atoms with Crippen molar-refractivity contribution in [1.82, 2.24) is 15.5 Å². The standard InChI is InChI=1S/C23H30N4O.HI/c1-24-23(25-15-7-11-19-9-3-2-4-10-19)26-17-20-12-5-6-13-21(20)18-27-16-8-14-22(27)28;/h2-6,9-10,12-13H,7-8,11,14-18H2,1H3,(H2,24,25,26);1H. The molecule has 1 fully saturated rings. The van der Waals surface area contributed by atoms with Crippen LogP contribution in [0.3, 0.4) is 0 Å². The topological polar surface area (TPSA) is 56.7 Å². The molecule has 29 heavy (non-hydrogen) atoms. The summed E-state index contributed by atoms with van der Waals surface area (Å²) in [4.78, 5) is 18.2. The molecule has 0 saturated carbocycles. The van der Waals surface area contributed by atoms with Gasteiger partial charge in [-0.1, -0.05) is 54.6 Å². The lowest BCUT2D eigenvalue weighted by molar-refractivity contribution is -0.128. The van der Waals surface area contributed by atoms with Crippen molar-refractivity contribution in [2.75, 3.05) is 20.1 Å². The van der Waals surface area contributed by atoms with E-state index in [4.69, 9.17) is 0 Å². The van der Waals surface area contributed by atoms with E-state index in [1.165, 1.54) is 16.7 Å². The van der Waals surface area contributed by atoms with Gasteiger partial charge in [0.1, 0.15) is 0 Å². The quantitative estimate of drug-likeness (QED) is 0.249. The summed E-state index contributed by atoms with van der Waals surface area (Å²) in [5.41, 5.74) is 3.76. The third kappa shape index (κ3) is 7.34. The van der Waals surface area contributed by atoms with Crippen LogP contribution >= 0.6 is 24.0 Å². The van der Waals surface area contributed by atoms with E-state index >= 15 is 0 Å². The highest BCUT2D eigenvalue weighted by Gasteiger charge is 2.20. The summed E-state index contributed by atoms with van der Waals surface area (Å²) in [7, 11) is 1.79. The predicted octanol–water partition coefficient (Wildman–Crippen LogP) is 3.72. The smallest absolute Gasteiger partial charge is 0.222 e. The largest absolute Gasteiger partial charge is 0.356 e. The van der Waals surface area contributed by atoms with Gasteiger partial charge in [0.05, 0.1) is 0 Å². The molecule has 2 N–H and O–H groups in total. The Hall–Kier alpha value is -2.09. The van der Waals surface area contributed by atoms with Crippen molar-refractivity contribution in [1.29, 1.82) is 0 Å². The molecule has 0 spiro atoms. The Labute approximate surface area is 191 Å². The lowest BCUT2D eigenvalue weighted by Gasteiger charge is -2.19. The van der Waals surface area contributed by atoms with Crippen LogP contribution in [0.25, 0.3) is 0 Å². The Morgan fingerprint density at radius 3 is 2.45 bits per heavy atom. The van der Waals surface area contributed by atoms with E-state index in [1.807, 2.05) is 23.1 Å². The molecule has 2 aromatic rings. The lowest BCUT2D eigenvalue weighted by atomic mass is 10.1.